The Bertz CT molecular complexity index is 341. The van der Waals surface area contributed by atoms with Crippen LogP contribution in [0.2, 0.25) is 0 Å². The van der Waals surface area contributed by atoms with E-state index in [0.29, 0.717) is 18.3 Å². The zero-order valence-corrected chi connectivity index (χ0v) is 10.2. The van der Waals surface area contributed by atoms with Gasteiger partial charge in [0, 0.05) is 17.9 Å². The number of nitrogens with zero attached hydrogens (tertiary/aromatic N) is 1. The highest BCUT2D eigenvalue weighted by atomic mass is 32.2. The summed E-state index contributed by atoms with van der Waals surface area (Å²) in [4.78, 5) is 10.5. The molecule has 16 heavy (non-hydrogen) atoms. The minimum Gasteiger partial charge on any atom is -0.476 e. The van der Waals surface area contributed by atoms with Crippen molar-refractivity contribution < 1.29 is 14.4 Å². The summed E-state index contributed by atoms with van der Waals surface area (Å²) in [6.07, 6.45) is 0. The van der Waals surface area contributed by atoms with Crippen LogP contribution in [0.25, 0.3) is 0 Å². The van der Waals surface area contributed by atoms with Crippen molar-refractivity contribution in [3.8, 4) is 0 Å². The summed E-state index contributed by atoms with van der Waals surface area (Å²) in [7, 11) is 0. The number of thioether (sulfide) groups is 1. The molecular weight excluding hydrogens is 228 g/mol. The maximum absolute atomic E-state index is 10.5. The molecule has 1 atom stereocenters. The highest BCUT2D eigenvalue weighted by molar-refractivity contribution is 7.99. The highest BCUT2D eigenvalue weighted by Gasteiger charge is 2.11. The summed E-state index contributed by atoms with van der Waals surface area (Å²) in [6.45, 7) is 4.70. The van der Waals surface area contributed by atoms with E-state index in [9.17, 15) is 4.79 Å². The molecule has 90 valence electrons. The summed E-state index contributed by atoms with van der Waals surface area (Å²) in [5.74, 6) is 1.60. The van der Waals surface area contributed by atoms with Crippen molar-refractivity contribution in [2.24, 2.45) is 0 Å². The van der Waals surface area contributed by atoms with E-state index in [0.717, 1.165) is 11.5 Å². The van der Waals surface area contributed by atoms with Gasteiger partial charge in [0.2, 0.25) is 0 Å². The van der Waals surface area contributed by atoms with E-state index < -0.39 is 5.97 Å². The van der Waals surface area contributed by atoms with E-state index >= 15 is 0 Å². The molecule has 0 amide bonds. The Labute approximate surface area is 98.6 Å². The number of aromatic nitrogens is 1. The Balaban J connectivity index is 2.33. The van der Waals surface area contributed by atoms with Crippen LogP contribution < -0.4 is 5.32 Å². The maximum Gasteiger partial charge on any atom is 0.358 e. The molecule has 0 saturated carbocycles. The number of aromatic carboxylic acids is 1. The first kappa shape index (κ1) is 13.1. The first-order valence-corrected chi connectivity index (χ1v) is 6.29. The zero-order chi connectivity index (χ0) is 12.0. The zero-order valence-electron chi connectivity index (χ0n) is 9.40. The monoisotopic (exact) mass is 244 g/mol. The van der Waals surface area contributed by atoms with Crippen molar-refractivity contribution in [3.05, 3.63) is 17.5 Å². The second-order valence-electron chi connectivity index (χ2n) is 3.43. The highest BCUT2D eigenvalue weighted by Crippen LogP contribution is 2.05. The summed E-state index contributed by atoms with van der Waals surface area (Å²) < 4.78 is 4.88. The lowest BCUT2D eigenvalue weighted by Gasteiger charge is -2.10. The van der Waals surface area contributed by atoms with Crippen molar-refractivity contribution in [2.75, 3.05) is 11.5 Å². The standard InChI is InChI=1S/C10H16N2O3S/c1-3-16-6-7(2)11-5-8-4-9(10(13)14)12-15-8/h4,7,11H,3,5-6H2,1-2H3,(H,13,14). The van der Waals surface area contributed by atoms with Gasteiger partial charge in [0.15, 0.2) is 11.5 Å². The molecule has 2 N–H and O–H groups in total. The molecule has 6 heteroatoms. The molecule has 0 aliphatic carbocycles. The average Bonchev–Trinajstić information content (AvgIpc) is 2.72. The molecule has 0 radical (unpaired) electrons. The van der Waals surface area contributed by atoms with Crippen molar-refractivity contribution in [2.45, 2.75) is 26.4 Å². The Hall–Kier alpha value is -1.01. The minimum atomic E-state index is -1.07. The summed E-state index contributed by atoms with van der Waals surface area (Å²) in [6, 6.07) is 1.80. The summed E-state index contributed by atoms with van der Waals surface area (Å²) in [5.41, 5.74) is -0.0487. The normalized spacial score (nSPS) is 12.6. The molecular formula is C10H16N2O3S. The molecule has 1 aromatic heterocycles. The van der Waals surface area contributed by atoms with Crippen molar-refractivity contribution in [1.82, 2.24) is 10.5 Å². The van der Waals surface area contributed by atoms with Crippen LogP contribution >= 0.6 is 11.8 Å². The van der Waals surface area contributed by atoms with E-state index in [1.807, 2.05) is 11.8 Å². The molecule has 1 aromatic rings. The SMILES string of the molecule is CCSCC(C)NCc1cc(C(=O)O)no1. The fourth-order valence-electron chi connectivity index (χ4n) is 1.13. The van der Waals surface area contributed by atoms with Crippen molar-refractivity contribution in [3.63, 3.8) is 0 Å². The van der Waals surface area contributed by atoms with Gasteiger partial charge in [-0.1, -0.05) is 12.1 Å². The van der Waals surface area contributed by atoms with Gasteiger partial charge in [-0.25, -0.2) is 4.79 Å². The first-order chi connectivity index (χ1) is 7.63. The third-order valence-electron chi connectivity index (χ3n) is 1.97. The van der Waals surface area contributed by atoms with E-state index in [-0.39, 0.29) is 5.69 Å². The largest absolute Gasteiger partial charge is 0.476 e. The molecule has 0 aromatic carbocycles. The van der Waals surface area contributed by atoms with Gasteiger partial charge in [-0.15, -0.1) is 0 Å². The number of hydrogen-bond acceptors (Lipinski definition) is 5. The van der Waals surface area contributed by atoms with Crippen LogP contribution in [0.3, 0.4) is 0 Å². The molecule has 0 saturated heterocycles. The third-order valence-corrected chi connectivity index (χ3v) is 3.12. The van der Waals surface area contributed by atoms with Gasteiger partial charge in [-0.3, -0.25) is 0 Å². The van der Waals surface area contributed by atoms with Crippen LogP contribution in [0, 0.1) is 0 Å². The van der Waals surface area contributed by atoms with Gasteiger partial charge in [0.1, 0.15) is 0 Å². The number of rotatable bonds is 7. The Morgan fingerprint density at radius 1 is 1.75 bits per heavy atom. The lowest BCUT2D eigenvalue weighted by molar-refractivity contribution is 0.0685. The molecule has 1 rings (SSSR count). The molecule has 0 bridgehead atoms. The van der Waals surface area contributed by atoms with Crippen LogP contribution in [0.15, 0.2) is 10.6 Å². The van der Waals surface area contributed by atoms with Crippen LogP contribution in [0.5, 0.6) is 0 Å². The topological polar surface area (TPSA) is 75.4 Å². The number of carboxylic acids is 1. The van der Waals surface area contributed by atoms with Crippen LogP contribution in [-0.2, 0) is 6.54 Å². The van der Waals surface area contributed by atoms with Gasteiger partial charge < -0.3 is 14.9 Å². The second-order valence-corrected chi connectivity index (χ2v) is 4.74. The van der Waals surface area contributed by atoms with Gasteiger partial charge >= 0.3 is 5.97 Å². The molecule has 0 fully saturated rings. The van der Waals surface area contributed by atoms with Crippen LogP contribution in [0.4, 0.5) is 0 Å². The van der Waals surface area contributed by atoms with Crippen LogP contribution in [0.1, 0.15) is 30.1 Å². The molecule has 0 aliphatic heterocycles. The Morgan fingerprint density at radius 2 is 2.50 bits per heavy atom. The number of carboxylic acid groups (broad SMARTS) is 1. The molecule has 1 unspecified atom stereocenters. The van der Waals surface area contributed by atoms with Crippen molar-refractivity contribution in [1.29, 1.82) is 0 Å². The first-order valence-electron chi connectivity index (χ1n) is 5.13. The number of hydrogen-bond donors (Lipinski definition) is 2. The lowest BCUT2D eigenvalue weighted by atomic mass is 10.3. The Morgan fingerprint density at radius 3 is 3.06 bits per heavy atom. The van der Waals surface area contributed by atoms with Crippen molar-refractivity contribution >= 4 is 17.7 Å². The predicted octanol–water partition coefficient (Wildman–Crippen LogP) is 1.60. The molecule has 0 aliphatic rings. The summed E-state index contributed by atoms with van der Waals surface area (Å²) in [5, 5.41) is 15.3. The molecule has 5 nitrogen and oxygen atoms in total. The fraction of sp³-hybridized carbons (Fsp3) is 0.600. The second kappa shape index (κ2) is 6.55. The smallest absolute Gasteiger partial charge is 0.358 e. The summed E-state index contributed by atoms with van der Waals surface area (Å²) >= 11 is 1.86. The van der Waals surface area contributed by atoms with Gasteiger partial charge in [0.25, 0.3) is 0 Å². The van der Waals surface area contributed by atoms with Crippen LogP contribution in [-0.4, -0.2) is 33.8 Å². The number of nitrogens with one attached hydrogen (secondary N) is 1. The van der Waals surface area contributed by atoms with E-state index in [1.54, 1.807) is 0 Å². The van der Waals surface area contributed by atoms with E-state index in [4.69, 9.17) is 9.63 Å². The third kappa shape index (κ3) is 4.24. The quantitative estimate of drug-likeness (QED) is 0.759. The molecule has 1 heterocycles. The molecule has 0 spiro atoms. The van der Waals surface area contributed by atoms with Gasteiger partial charge in [-0.2, -0.15) is 11.8 Å². The Kier molecular flexibility index (Phi) is 5.34. The van der Waals surface area contributed by atoms with E-state index in [1.165, 1.54) is 6.07 Å². The fourth-order valence-corrected chi connectivity index (χ4v) is 1.83. The van der Waals surface area contributed by atoms with Gasteiger partial charge in [-0.05, 0) is 12.7 Å². The number of carbonyl (C=O) groups is 1. The van der Waals surface area contributed by atoms with Gasteiger partial charge in [0.05, 0.1) is 6.54 Å². The van der Waals surface area contributed by atoms with E-state index in [2.05, 4.69) is 24.3 Å². The minimum absolute atomic E-state index is 0.0487. The maximum atomic E-state index is 10.5. The average molecular weight is 244 g/mol. The predicted molar refractivity (Wildman–Crippen MR) is 62.8 cm³/mol. The lowest BCUT2D eigenvalue weighted by Crippen LogP contribution is -2.27.